The number of aryl methyl sites for hydroxylation is 1. The van der Waals surface area contributed by atoms with Gasteiger partial charge in [0, 0.05) is 18.2 Å². The maximum Gasteiger partial charge on any atom is 0.392 e. The molecular weight excluding hydrogens is 286 g/mol. The Morgan fingerprint density at radius 1 is 1.24 bits per heavy atom. The summed E-state index contributed by atoms with van der Waals surface area (Å²) < 4.78 is 51.6. The molecule has 0 heterocycles. The molecule has 0 amide bonds. The van der Waals surface area contributed by atoms with E-state index in [0.717, 1.165) is 0 Å². The lowest BCUT2D eigenvalue weighted by atomic mass is 9.84. The van der Waals surface area contributed by atoms with Crippen molar-refractivity contribution in [2.45, 2.75) is 44.6 Å². The lowest BCUT2D eigenvalue weighted by Crippen LogP contribution is -2.35. The smallest absolute Gasteiger partial charge is 0.392 e. The van der Waals surface area contributed by atoms with Gasteiger partial charge in [-0.1, -0.05) is 12.1 Å². The average molecular weight is 303 g/mol. The number of hydrogen-bond acceptors (Lipinski definition) is 2. The molecule has 3 unspecified atom stereocenters. The lowest BCUT2D eigenvalue weighted by molar-refractivity contribution is -0.187. The summed E-state index contributed by atoms with van der Waals surface area (Å²) in [4.78, 5) is 4.04. The van der Waals surface area contributed by atoms with Crippen molar-refractivity contribution in [1.82, 2.24) is 0 Å². The van der Waals surface area contributed by atoms with Crippen LogP contribution in [-0.4, -0.2) is 29.7 Å². The van der Waals surface area contributed by atoms with Gasteiger partial charge in [-0.2, -0.15) is 13.2 Å². The Balaban J connectivity index is 2.11. The number of aliphatic imine (C=N–C) groups is 1. The summed E-state index contributed by atoms with van der Waals surface area (Å²) in [5, 5.41) is 9.81. The van der Waals surface area contributed by atoms with Crippen molar-refractivity contribution in [3.05, 3.63) is 29.3 Å². The molecule has 1 aliphatic rings. The number of alkyl halides is 4. The maximum absolute atomic E-state index is 13.5. The van der Waals surface area contributed by atoms with E-state index in [1.807, 2.05) is 0 Å². The third kappa shape index (κ3) is 3.95. The Hall–Kier alpha value is -1.59. The van der Waals surface area contributed by atoms with Crippen LogP contribution in [0.2, 0.25) is 0 Å². The van der Waals surface area contributed by atoms with Gasteiger partial charge in [0.05, 0.1) is 12.0 Å². The SMILES string of the molecule is Cc1cccc(C=NC2CC(F)CC(C(F)(F)F)C2)c1O. The first-order valence-electron chi connectivity index (χ1n) is 6.80. The van der Waals surface area contributed by atoms with Gasteiger partial charge in [0.15, 0.2) is 0 Å². The highest BCUT2D eigenvalue weighted by Crippen LogP contribution is 2.39. The van der Waals surface area contributed by atoms with Crippen molar-refractivity contribution in [3.8, 4) is 5.75 Å². The summed E-state index contributed by atoms with van der Waals surface area (Å²) in [7, 11) is 0. The van der Waals surface area contributed by atoms with Crippen LogP contribution in [0.15, 0.2) is 23.2 Å². The molecule has 6 heteroatoms. The van der Waals surface area contributed by atoms with Crippen LogP contribution in [0.1, 0.15) is 30.4 Å². The summed E-state index contributed by atoms with van der Waals surface area (Å²) in [5.74, 6) is -1.60. The summed E-state index contributed by atoms with van der Waals surface area (Å²) in [6.07, 6.45) is -5.23. The molecule has 2 nitrogen and oxygen atoms in total. The zero-order chi connectivity index (χ0) is 15.6. The highest BCUT2D eigenvalue weighted by Gasteiger charge is 2.45. The first-order valence-corrected chi connectivity index (χ1v) is 6.80. The minimum absolute atomic E-state index is 0.00431. The molecule has 0 aliphatic heterocycles. The predicted molar refractivity (Wildman–Crippen MR) is 72.5 cm³/mol. The van der Waals surface area contributed by atoms with E-state index in [4.69, 9.17) is 0 Å². The fraction of sp³-hybridized carbons (Fsp3) is 0.533. The van der Waals surface area contributed by atoms with Crippen LogP contribution in [0, 0.1) is 12.8 Å². The number of halogens is 4. The summed E-state index contributed by atoms with van der Waals surface area (Å²) in [6, 6.07) is 4.33. The number of para-hydroxylation sites is 1. The molecule has 1 N–H and O–H groups in total. The molecule has 116 valence electrons. The number of phenolic OH excluding ortho intramolecular Hbond substituents is 1. The summed E-state index contributed by atoms with van der Waals surface area (Å²) in [6.45, 7) is 1.71. The third-order valence-electron chi connectivity index (χ3n) is 3.78. The van der Waals surface area contributed by atoms with Crippen molar-refractivity contribution in [1.29, 1.82) is 0 Å². The highest BCUT2D eigenvalue weighted by atomic mass is 19.4. The number of benzene rings is 1. The normalized spacial score (nSPS) is 27.2. The van der Waals surface area contributed by atoms with E-state index in [1.165, 1.54) is 6.21 Å². The topological polar surface area (TPSA) is 32.6 Å². The molecule has 3 atom stereocenters. The van der Waals surface area contributed by atoms with Crippen molar-refractivity contribution >= 4 is 6.21 Å². The van der Waals surface area contributed by atoms with Crippen LogP contribution in [0.25, 0.3) is 0 Å². The number of nitrogens with zero attached hydrogens (tertiary/aromatic N) is 1. The molecule has 1 aliphatic carbocycles. The zero-order valence-electron chi connectivity index (χ0n) is 11.6. The minimum atomic E-state index is -4.38. The molecule has 0 bridgehead atoms. The van der Waals surface area contributed by atoms with Gasteiger partial charge in [0.2, 0.25) is 0 Å². The summed E-state index contributed by atoms with van der Waals surface area (Å²) in [5.41, 5.74) is 1.08. The summed E-state index contributed by atoms with van der Waals surface area (Å²) >= 11 is 0. The Morgan fingerprint density at radius 2 is 1.95 bits per heavy atom. The van der Waals surface area contributed by atoms with E-state index in [9.17, 15) is 22.7 Å². The second kappa shape index (κ2) is 6.03. The molecule has 2 rings (SSSR count). The Morgan fingerprint density at radius 3 is 2.62 bits per heavy atom. The minimum Gasteiger partial charge on any atom is -0.507 e. The van der Waals surface area contributed by atoms with E-state index >= 15 is 0 Å². The molecule has 1 saturated carbocycles. The Bertz CT molecular complexity index is 527. The number of phenols is 1. The van der Waals surface area contributed by atoms with Crippen LogP contribution in [-0.2, 0) is 0 Å². The van der Waals surface area contributed by atoms with Crippen LogP contribution in [0.5, 0.6) is 5.75 Å². The van der Waals surface area contributed by atoms with E-state index < -0.39 is 30.7 Å². The van der Waals surface area contributed by atoms with Gasteiger partial charge >= 0.3 is 6.18 Å². The molecule has 0 aromatic heterocycles. The fourth-order valence-electron chi connectivity index (χ4n) is 2.58. The lowest BCUT2D eigenvalue weighted by Gasteiger charge is -2.30. The molecule has 1 aromatic rings. The van der Waals surface area contributed by atoms with E-state index in [0.29, 0.717) is 11.1 Å². The van der Waals surface area contributed by atoms with Crippen molar-refractivity contribution in [2.24, 2.45) is 10.9 Å². The van der Waals surface area contributed by atoms with Crippen molar-refractivity contribution in [2.75, 3.05) is 0 Å². The van der Waals surface area contributed by atoms with Gasteiger partial charge in [0.1, 0.15) is 11.9 Å². The zero-order valence-corrected chi connectivity index (χ0v) is 11.6. The molecule has 1 fully saturated rings. The highest BCUT2D eigenvalue weighted by molar-refractivity contribution is 5.84. The number of rotatable bonds is 2. The van der Waals surface area contributed by atoms with Crippen molar-refractivity contribution < 1.29 is 22.7 Å². The largest absolute Gasteiger partial charge is 0.507 e. The third-order valence-corrected chi connectivity index (χ3v) is 3.78. The second-order valence-electron chi connectivity index (χ2n) is 5.49. The van der Waals surface area contributed by atoms with E-state index in [2.05, 4.69) is 4.99 Å². The molecular formula is C15H17F4NO. The van der Waals surface area contributed by atoms with Crippen molar-refractivity contribution in [3.63, 3.8) is 0 Å². The quantitative estimate of drug-likeness (QED) is 0.645. The molecule has 0 saturated heterocycles. The van der Waals surface area contributed by atoms with Gasteiger partial charge < -0.3 is 5.11 Å². The monoisotopic (exact) mass is 303 g/mol. The van der Waals surface area contributed by atoms with Gasteiger partial charge in [-0.3, -0.25) is 4.99 Å². The predicted octanol–water partition coefficient (Wildman–Crippen LogP) is 4.19. The van der Waals surface area contributed by atoms with E-state index in [1.54, 1.807) is 25.1 Å². The van der Waals surface area contributed by atoms with Crippen LogP contribution in [0.3, 0.4) is 0 Å². The average Bonchev–Trinajstić information content (AvgIpc) is 2.39. The maximum atomic E-state index is 13.5. The first-order chi connectivity index (χ1) is 9.77. The standard InChI is InChI=1S/C15H17F4NO/c1-9-3-2-4-10(14(9)21)8-20-13-6-11(15(17,18)19)5-12(16)7-13/h2-4,8,11-13,21H,5-7H2,1H3. The number of hydrogen-bond donors (Lipinski definition) is 1. The van der Waals surface area contributed by atoms with Gasteiger partial charge in [-0.25, -0.2) is 4.39 Å². The second-order valence-corrected chi connectivity index (χ2v) is 5.49. The Kier molecular flexibility index (Phi) is 4.54. The molecule has 0 radical (unpaired) electrons. The van der Waals surface area contributed by atoms with Gasteiger partial charge in [0.25, 0.3) is 0 Å². The van der Waals surface area contributed by atoms with Crippen LogP contribution >= 0.6 is 0 Å². The van der Waals surface area contributed by atoms with Gasteiger partial charge in [-0.15, -0.1) is 0 Å². The van der Waals surface area contributed by atoms with Crippen LogP contribution in [0.4, 0.5) is 17.6 Å². The Labute approximate surface area is 120 Å². The molecule has 1 aromatic carbocycles. The fourth-order valence-corrected chi connectivity index (χ4v) is 2.58. The van der Waals surface area contributed by atoms with E-state index in [-0.39, 0.29) is 18.6 Å². The molecule has 21 heavy (non-hydrogen) atoms. The van der Waals surface area contributed by atoms with Crippen LogP contribution < -0.4 is 0 Å². The number of aromatic hydroxyl groups is 1. The molecule has 0 spiro atoms. The first kappa shape index (κ1) is 15.8. The van der Waals surface area contributed by atoms with Gasteiger partial charge in [-0.05, 0) is 31.4 Å².